The zero-order valence-electron chi connectivity index (χ0n) is 12.1. The molecular weight excluding hydrogens is 256 g/mol. The van der Waals surface area contributed by atoms with Crippen LogP contribution < -0.4 is 5.32 Å². The Bertz CT molecular complexity index is 661. The van der Waals surface area contributed by atoms with Crippen molar-refractivity contribution in [3.05, 3.63) is 40.5 Å². The van der Waals surface area contributed by atoms with Crippen molar-refractivity contribution in [2.75, 3.05) is 5.32 Å². The van der Waals surface area contributed by atoms with Gasteiger partial charge in [0.25, 0.3) is 0 Å². The number of carbonyl (C=O) groups is 1. The number of aromatic nitrogens is 3. The van der Waals surface area contributed by atoms with Crippen LogP contribution in [0.2, 0.25) is 0 Å². The number of anilines is 1. The van der Waals surface area contributed by atoms with Gasteiger partial charge in [-0.3, -0.25) is 9.67 Å². The van der Waals surface area contributed by atoms with Gasteiger partial charge in [-0.1, -0.05) is 0 Å². The van der Waals surface area contributed by atoms with Gasteiger partial charge in [0.05, 0.1) is 11.4 Å². The monoisotopic (exact) mass is 274 g/mol. The molecule has 2 aromatic rings. The Hall–Kier alpha value is -2.37. The van der Waals surface area contributed by atoms with Gasteiger partial charge in [-0.15, -0.1) is 0 Å². The SMILES string of the molecule is Cc1cc(NCc2c(C)nn(C)c2C)c(C(=O)O)cn1. The largest absolute Gasteiger partial charge is 0.478 e. The third-order valence-corrected chi connectivity index (χ3v) is 3.39. The average molecular weight is 274 g/mol. The molecule has 0 aliphatic carbocycles. The average Bonchev–Trinajstić information content (AvgIpc) is 2.61. The Labute approximate surface area is 117 Å². The number of aryl methyl sites for hydroxylation is 3. The molecule has 6 nitrogen and oxygen atoms in total. The highest BCUT2D eigenvalue weighted by Gasteiger charge is 2.13. The van der Waals surface area contributed by atoms with E-state index in [0.29, 0.717) is 12.2 Å². The molecule has 0 aliphatic rings. The molecule has 0 aromatic carbocycles. The number of pyridine rings is 1. The van der Waals surface area contributed by atoms with E-state index in [-0.39, 0.29) is 5.56 Å². The molecule has 0 unspecified atom stereocenters. The molecule has 2 heterocycles. The van der Waals surface area contributed by atoms with Crippen molar-refractivity contribution in [3.8, 4) is 0 Å². The molecule has 0 atom stereocenters. The first-order valence-corrected chi connectivity index (χ1v) is 6.33. The van der Waals surface area contributed by atoms with Crippen LogP contribution in [0.5, 0.6) is 0 Å². The number of hydrogen-bond donors (Lipinski definition) is 2. The van der Waals surface area contributed by atoms with Crippen molar-refractivity contribution in [2.45, 2.75) is 27.3 Å². The summed E-state index contributed by atoms with van der Waals surface area (Å²) in [6.45, 7) is 6.31. The molecule has 2 N–H and O–H groups in total. The minimum Gasteiger partial charge on any atom is -0.478 e. The number of carboxylic acids is 1. The van der Waals surface area contributed by atoms with Gasteiger partial charge in [-0.05, 0) is 26.8 Å². The highest BCUT2D eigenvalue weighted by molar-refractivity contribution is 5.93. The zero-order chi connectivity index (χ0) is 14.9. The number of rotatable bonds is 4. The lowest BCUT2D eigenvalue weighted by Crippen LogP contribution is -2.08. The summed E-state index contributed by atoms with van der Waals surface area (Å²) in [5, 5.41) is 16.7. The summed E-state index contributed by atoms with van der Waals surface area (Å²) in [5.41, 5.74) is 4.62. The maximum Gasteiger partial charge on any atom is 0.339 e. The molecule has 20 heavy (non-hydrogen) atoms. The van der Waals surface area contributed by atoms with Crippen LogP contribution in [0.25, 0.3) is 0 Å². The zero-order valence-corrected chi connectivity index (χ0v) is 12.1. The summed E-state index contributed by atoms with van der Waals surface area (Å²) in [6, 6.07) is 1.74. The third-order valence-electron chi connectivity index (χ3n) is 3.39. The lowest BCUT2D eigenvalue weighted by atomic mass is 10.1. The Kier molecular flexibility index (Phi) is 3.74. The summed E-state index contributed by atoms with van der Waals surface area (Å²) in [7, 11) is 1.89. The molecule has 6 heteroatoms. The van der Waals surface area contributed by atoms with E-state index in [2.05, 4.69) is 15.4 Å². The molecule has 2 rings (SSSR count). The van der Waals surface area contributed by atoms with Gasteiger partial charge in [0.1, 0.15) is 5.56 Å². The lowest BCUT2D eigenvalue weighted by molar-refractivity contribution is 0.0697. The standard InChI is InChI=1S/C14H18N4O2/c1-8-5-13(12(7-15-8)14(19)20)16-6-11-9(2)17-18(4)10(11)3/h5,7H,6H2,1-4H3,(H,15,16)(H,19,20). The first-order chi connectivity index (χ1) is 9.40. The Morgan fingerprint density at radius 3 is 2.65 bits per heavy atom. The second-order valence-electron chi connectivity index (χ2n) is 4.80. The fourth-order valence-corrected chi connectivity index (χ4v) is 2.13. The Morgan fingerprint density at radius 1 is 1.40 bits per heavy atom. The van der Waals surface area contributed by atoms with Crippen molar-refractivity contribution < 1.29 is 9.90 Å². The molecule has 2 aromatic heterocycles. The van der Waals surface area contributed by atoms with E-state index < -0.39 is 5.97 Å². The molecule has 0 amide bonds. The van der Waals surface area contributed by atoms with E-state index in [9.17, 15) is 9.90 Å². The van der Waals surface area contributed by atoms with Crippen LogP contribution in [-0.2, 0) is 13.6 Å². The number of aromatic carboxylic acids is 1. The highest BCUT2D eigenvalue weighted by Crippen LogP contribution is 2.19. The summed E-state index contributed by atoms with van der Waals surface area (Å²) in [6.07, 6.45) is 1.38. The van der Waals surface area contributed by atoms with Crippen LogP contribution in [-0.4, -0.2) is 25.8 Å². The van der Waals surface area contributed by atoms with Gasteiger partial charge < -0.3 is 10.4 Å². The van der Waals surface area contributed by atoms with E-state index in [0.717, 1.165) is 22.6 Å². The molecular formula is C14H18N4O2. The molecule has 106 valence electrons. The minimum atomic E-state index is -0.986. The third kappa shape index (κ3) is 2.64. The molecule has 0 aliphatic heterocycles. The Balaban J connectivity index is 2.27. The smallest absolute Gasteiger partial charge is 0.339 e. The van der Waals surface area contributed by atoms with Crippen LogP contribution >= 0.6 is 0 Å². The summed E-state index contributed by atoms with van der Waals surface area (Å²) < 4.78 is 1.82. The number of nitrogens with one attached hydrogen (secondary N) is 1. The van der Waals surface area contributed by atoms with E-state index in [1.807, 2.05) is 32.5 Å². The van der Waals surface area contributed by atoms with Crippen LogP contribution in [0.1, 0.15) is 33.0 Å². The van der Waals surface area contributed by atoms with E-state index in [1.165, 1.54) is 6.20 Å². The second kappa shape index (κ2) is 5.32. The highest BCUT2D eigenvalue weighted by atomic mass is 16.4. The predicted octanol–water partition coefficient (Wildman–Crippen LogP) is 2.05. The number of nitrogens with zero attached hydrogens (tertiary/aromatic N) is 3. The predicted molar refractivity (Wildman–Crippen MR) is 75.9 cm³/mol. The molecule has 0 saturated heterocycles. The fourth-order valence-electron chi connectivity index (χ4n) is 2.13. The van der Waals surface area contributed by atoms with Gasteiger partial charge >= 0.3 is 5.97 Å². The Morgan fingerprint density at radius 2 is 2.10 bits per heavy atom. The van der Waals surface area contributed by atoms with Gasteiger partial charge in [0.2, 0.25) is 0 Å². The van der Waals surface area contributed by atoms with Crippen LogP contribution in [0.4, 0.5) is 5.69 Å². The van der Waals surface area contributed by atoms with Crippen molar-refractivity contribution in [1.29, 1.82) is 0 Å². The van der Waals surface area contributed by atoms with Crippen molar-refractivity contribution in [2.24, 2.45) is 7.05 Å². The first kappa shape index (κ1) is 14.0. The molecule has 0 fully saturated rings. The minimum absolute atomic E-state index is 0.176. The summed E-state index contributed by atoms with van der Waals surface area (Å²) in [5.74, 6) is -0.986. The van der Waals surface area contributed by atoms with Gasteiger partial charge in [0, 0.05) is 36.7 Å². The van der Waals surface area contributed by atoms with E-state index >= 15 is 0 Å². The van der Waals surface area contributed by atoms with Crippen LogP contribution in [0, 0.1) is 20.8 Å². The number of carboxylic acid groups (broad SMARTS) is 1. The maximum absolute atomic E-state index is 11.2. The van der Waals surface area contributed by atoms with E-state index in [1.54, 1.807) is 6.07 Å². The quantitative estimate of drug-likeness (QED) is 0.892. The number of hydrogen-bond acceptors (Lipinski definition) is 4. The summed E-state index contributed by atoms with van der Waals surface area (Å²) >= 11 is 0. The van der Waals surface area contributed by atoms with Crippen molar-refractivity contribution >= 4 is 11.7 Å². The first-order valence-electron chi connectivity index (χ1n) is 6.33. The van der Waals surface area contributed by atoms with Crippen LogP contribution in [0.15, 0.2) is 12.3 Å². The molecule has 0 saturated carbocycles. The molecule has 0 bridgehead atoms. The van der Waals surface area contributed by atoms with Crippen molar-refractivity contribution in [3.63, 3.8) is 0 Å². The van der Waals surface area contributed by atoms with Gasteiger partial charge in [-0.2, -0.15) is 5.10 Å². The molecule has 0 spiro atoms. The summed E-state index contributed by atoms with van der Waals surface area (Å²) in [4.78, 5) is 15.2. The second-order valence-corrected chi connectivity index (χ2v) is 4.80. The topological polar surface area (TPSA) is 80.0 Å². The van der Waals surface area contributed by atoms with E-state index in [4.69, 9.17) is 0 Å². The fraction of sp³-hybridized carbons (Fsp3) is 0.357. The van der Waals surface area contributed by atoms with Crippen molar-refractivity contribution in [1.82, 2.24) is 14.8 Å². The maximum atomic E-state index is 11.2. The van der Waals surface area contributed by atoms with Crippen LogP contribution in [0.3, 0.4) is 0 Å². The molecule has 0 radical (unpaired) electrons. The van der Waals surface area contributed by atoms with Gasteiger partial charge in [0.15, 0.2) is 0 Å². The normalized spacial score (nSPS) is 10.6. The van der Waals surface area contributed by atoms with Gasteiger partial charge in [-0.25, -0.2) is 4.79 Å². The lowest BCUT2D eigenvalue weighted by Gasteiger charge is -2.10.